The summed E-state index contributed by atoms with van der Waals surface area (Å²) in [4.78, 5) is 13.9. The van der Waals surface area contributed by atoms with E-state index in [1.165, 1.54) is 16.3 Å². The van der Waals surface area contributed by atoms with Gasteiger partial charge >= 0.3 is 5.97 Å². The second-order valence-corrected chi connectivity index (χ2v) is 14.2. The summed E-state index contributed by atoms with van der Waals surface area (Å²) in [5, 5.41) is 2.53. The van der Waals surface area contributed by atoms with E-state index < -0.39 is 5.97 Å². The van der Waals surface area contributed by atoms with Crippen LogP contribution in [0.5, 0.6) is 23.0 Å². The van der Waals surface area contributed by atoms with E-state index in [9.17, 15) is 4.79 Å². The Morgan fingerprint density at radius 1 is 0.788 bits per heavy atom. The minimum atomic E-state index is -0.399. The van der Waals surface area contributed by atoms with Crippen molar-refractivity contribution in [3.8, 4) is 23.0 Å². The van der Waals surface area contributed by atoms with Gasteiger partial charge in [-0.05, 0) is 104 Å². The minimum Gasteiger partial charge on any atom is -0.497 e. The SMILES string of the molecule is COc1ccc([C]2OC(=O)C(c3ccc4c(c3)NSN4CCc3cccc4ccccc34)=C2Cc2cc(OC)c(OC(C)C)c(OC(C)C)c2)cc1. The average molecular weight is 716 g/mol. The van der Waals surface area contributed by atoms with Crippen LogP contribution in [0.2, 0.25) is 0 Å². The van der Waals surface area contributed by atoms with Gasteiger partial charge < -0.3 is 28.4 Å². The first-order valence-electron chi connectivity index (χ1n) is 17.5. The van der Waals surface area contributed by atoms with Crippen LogP contribution in [0.4, 0.5) is 11.4 Å². The maximum atomic E-state index is 13.9. The molecule has 7 rings (SSSR count). The van der Waals surface area contributed by atoms with E-state index in [1.54, 1.807) is 26.4 Å². The number of cyclic esters (lactones) is 1. The molecule has 52 heavy (non-hydrogen) atoms. The van der Waals surface area contributed by atoms with Crippen molar-refractivity contribution in [3.63, 3.8) is 0 Å². The maximum Gasteiger partial charge on any atom is 0.340 e. The van der Waals surface area contributed by atoms with Crippen molar-refractivity contribution in [1.82, 2.24) is 0 Å². The first-order valence-corrected chi connectivity index (χ1v) is 18.3. The van der Waals surface area contributed by atoms with Gasteiger partial charge in [0, 0.05) is 17.7 Å². The number of carbonyl (C=O) groups is 1. The normalized spacial score (nSPS) is 14.2. The third-order valence-electron chi connectivity index (χ3n) is 9.01. The molecule has 1 radical (unpaired) electrons. The number of hydrogen-bond acceptors (Lipinski definition) is 9. The summed E-state index contributed by atoms with van der Waals surface area (Å²) in [5.74, 6) is 2.01. The fraction of sp³-hybridized carbons (Fsp3) is 0.256. The Morgan fingerprint density at radius 3 is 2.27 bits per heavy atom. The molecule has 5 aromatic rings. The van der Waals surface area contributed by atoms with Crippen LogP contribution in [0.3, 0.4) is 0 Å². The Labute approximate surface area is 309 Å². The molecule has 0 unspecified atom stereocenters. The lowest BCUT2D eigenvalue weighted by Crippen LogP contribution is -2.15. The summed E-state index contributed by atoms with van der Waals surface area (Å²) in [6.07, 6.45) is 1.61. The zero-order valence-electron chi connectivity index (χ0n) is 30.3. The first-order chi connectivity index (χ1) is 25.2. The van der Waals surface area contributed by atoms with E-state index in [2.05, 4.69) is 57.6 Å². The van der Waals surface area contributed by atoms with Crippen molar-refractivity contribution in [2.24, 2.45) is 0 Å². The third kappa shape index (κ3) is 7.23. The van der Waals surface area contributed by atoms with Crippen LogP contribution in [0.15, 0.2) is 103 Å². The van der Waals surface area contributed by atoms with Crippen molar-refractivity contribution >= 4 is 45.8 Å². The number of anilines is 2. The van der Waals surface area contributed by atoms with Gasteiger partial charge in [0.05, 0.1) is 55.5 Å². The number of ether oxygens (including phenoxy) is 5. The van der Waals surface area contributed by atoms with E-state index >= 15 is 0 Å². The highest BCUT2D eigenvalue weighted by atomic mass is 32.2. The monoisotopic (exact) mass is 715 g/mol. The smallest absolute Gasteiger partial charge is 0.340 e. The molecule has 0 aromatic heterocycles. The molecule has 0 bridgehead atoms. The second-order valence-electron chi connectivity index (χ2n) is 13.4. The van der Waals surface area contributed by atoms with Gasteiger partial charge in [-0.3, -0.25) is 4.31 Å². The fourth-order valence-corrected chi connectivity index (χ4v) is 7.52. The molecule has 0 aliphatic carbocycles. The van der Waals surface area contributed by atoms with Crippen LogP contribution >= 0.6 is 12.1 Å². The van der Waals surface area contributed by atoms with Crippen molar-refractivity contribution in [2.45, 2.75) is 52.7 Å². The zero-order valence-corrected chi connectivity index (χ0v) is 31.1. The summed E-state index contributed by atoms with van der Waals surface area (Å²) in [6.45, 7) is 8.71. The molecule has 267 valence electrons. The average Bonchev–Trinajstić information content (AvgIpc) is 3.70. The van der Waals surface area contributed by atoms with Crippen molar-refractivity contribution in [3.05, 3.63) is 131 Å². The molecule has 1 N–H and O–H groups in total. The molecule has 2 aliphatic heterocycles. The summed E-state index contributed by atoms with van der Waals surface area (Å²) in [6, 6.07) is 32.6. The van der Waals surface area contributed by atoms with Crippen molar-refractivity contribution in [2.75, 3.05) is 29.8 Å². The van der Waals surface area contributed by atoms with Crippen LogP contribution in [0.1, 0.15) is 49.9 Å². The number of hydrogen-bond donors (Lipinski definition) is 1. The lowest BCUT2D eigenvalue weighted by molar-refractivity contribution is -0.133. The lowest BCUT2D eigenvalue weighted by Gasteiger charge is -2.21. The van der Waals surface area contributed by atoms with Gasteiger partial charge in [0.25, 0.3) is 0 Å². The van der Waals surface area contributed by atoms with E-state index in [0.717, 1.165) is 46.6 Å². The second kappa shape index (κ2) is 15.1. The molecule has 0 amide bonds. The Kier molecular flexibility index (Phi) is 10.2. The predicted octanol–water partition coefficient (Wildman–Crippen LogP) is 9.60. The van der Waals surface area contributed by atoms with E-state index in [0.29, 0.717) is 41.1 Å². The molecule has 2 heterocycles. The van der Waals surface area contributed by atoms with Crippen LogP contribution < -0.4 is 28.0 Å². The van der Waals surface area contributed by atoms with Gasteiger partial charge in [-0.2, -0.15) is 0 Å². The number of nitrogens with zero attached hydrogens (tertiary/aromatic N) is 1. The number of benzene rings is 5. The summed E-state index contributed by atoms with van der Waals surface area (Å²) in [5.41, 5.74) is 7.05. The molecule has 0 saturated heterocycles. The number of carbonyl (C=O) groups excluding carboxylic acids is 1. The van der Waals surface area contributed by atoms with Crippen molar-refractivity contribution in [1.29, 1.82) is 0 Å². The molecule has 2 aliphatic rings. The molecule has 0 fully saturated rings. The molecular formula is C43H43N2O6S. The number of esters is 1. The number of rotatable bonds is 13. The van der Waals surface area contributed by atoms with Gasteiger partial charge in [0.1, 0.15) is 5.75 Å². The number of methoxy groups -OCH3 is 2. The van der Waals surface area contributed by atoms with E-state index in [4.69, 9.17) is 23.7 Å². The van der Waals surface area contributed by atoms with Gasteiger partial charge in [0.15, 0.2) is 11.5 Å². The largest absolute Gasteiger partial charge is 0.497 e. The molecule has 0 spiro atoms. The minimum absolute atomic E-state index is 0.0832. The van der Waals surface area contributed by atoms with Crippen LogP contribution in [-0.4, -0.2) is 38.9 Å². The van der Waals surface area contributed by atoms with E-state index in [1.807, 2.05) is 76.2 Å². The quantitative estimate of drug-likeness (QED) is 0.0947. The topological polar surface area (TPSA) is 78.5 Å². The van der Waals surface area contributed by atoms with Crippen molar-refractivity contribution < 1.29 is 28.5 Å². The Hall–Kier alpha value is -5.28. The number of nitrogens with one attached hydrogen (secondary N) is 1. The Bertz CT molecular complexity index is 2120. The van der Waals surface area contributed by atoms with Gasteiger partial charge in [-0.25, -0.2) is 4.79 Å². The molecule has 9 heteroatoms. The molecular weight excluding hydrogens is 673 g/mol. The maximum absolute atomic E-state index is 13.9. The van der Waals surface area contributed by atoms with Gasteiger partial charge in [0.2, 0.25) is 11.9 Å². The van der Waals surface area contributed by atoms with Gasteiger partial charge in [-0.1, -0.05) is 60.7 Å². The van der Waals surface area contributed by atoms with Crippen LogP contribution in [-0.2, 0) is 22.4 Å². The molecule has 8 nitrogen and oxygen atoms in total. The molecule has 0 saturated carbocycles. The third-order valence-corrected chi connectivity index (χ3v) is 9.92. The fourth-order valence-electron chi connectivity index (χ4n) is 6.70. The Morgan fingerprint density at radius 2 is 1.52 bits per heavy atom. The van der Waals surface area contributed by atoms with Crippen LogP contribution in [0, 0.1) is 6.10 Å². The van der Waals surface area contributed by atoms with Crippen LogP contribution in [0.25, 0.3) is 16.3 Å². The molecule has 5 aromatic carbocycles. The summed E-state index contributed by atoms with van der Waals surface area (Å²) < 4.78 is 35.5. The van der Waals surface area contributed by atoms with E-state index in [-0.39, 0.29) is 12.2 Å². The summed E-state index contributed by atoms with van der Waals surface area (Å²) >= 11 is 1.56. The first kappa shape index (κ1) is 35.1. The highest BCUT2D eigenvalue weighted by Crippen LogP contribution is 2.47. The lowest BCUT2D eigenvalue weighted by atomic mass is 9.90. The standard InChI is InChI=1S/C43H43N2O6S/c1-26(2)49-39-24-28(23-38(48-6)42(39)50-27(3)4)22-35-40(43(46)51-41(35)31-14-17-33(47-5)18-15-31)32-16-19-37-36(25-32)44-52-45(37)21-20-30-12-9-11-29-10-7-8-13-34(29)30/h7-19,23-27,44H,20-22H2,1-6H3. The number of fused-ring (bicyclic) bond motifs is 2. The predicted molar refractivity (Wildman–Crippen MR) is 209 cm³/mol. The Balaban J connectivity index is 1.25. The van der Waals surface area contributed by atoms with Gasteiger partial charge in [-0.15, -0.1) is 0 Å². The summed E-state index contributed by atoms with van der Waals surface area (Å²) in [7, 11) is 3.25. The zero-order chi connectivity index (χ0) is 36.4. The highest BCUT2D eigenvalue weighted by molar-refractivity contribution is 8.02. The molecule has 0 atom stereocenters. The highest BCUT2D eigenvalue weighted by Gasteiger charge is 2.38.